The summed E-state index contributed by atoms with van der Waals surface area (Å²) in [6.07, 6.45) is 4.76. The monoisotopic (exact) mass is 506 g/mol. The van der Waals surface area contributed by atoms with E-state index in [1.54, 1.807) is 32.4 Å². The number of nitrogens with one attached hydrogen (secondary N) is 1. The first kappa shape index (κ1) is 26.1. The van der Waals surface area contributed by atoms with Crippen molar-refractivity contribution in [2.24, 2.45) is 0 Å². The van der Waals surface area contributed by atoms with Gasteiger partial charge in [-0.25, -0.2) is 0 Å². The van der Waals surface area contributed by atoms with Crippen LogP contribution in [0.2, 0.25) is 5.02 Å². The van der Waals surface area contributed by atoms with Crippen LogP contribution in [0.4, 0.5) is 0 Å². The summed E-state index contributed by atoms with van der Waals surface area (Å²) in [6.45, 7) is 1.66. The molecule has 3 aromatic carbocycles. The number of piperidine rings is 1. The molecule has 1 saturated heterocycles. The summed E-state index contributed by atoms with van der Waals surface area (Å²) >= 11 is 6.00. The largest absolute Gasteiger partial charge is 0.497 e. The Morgan fingerprint density at radius 1 is 0.972 bits per heavy atom. The van der Waals surface area contributed by atoms with Crippen LogP contribution in [0, 0.1) is 0 Å². The maximum atomic E-state index is 13.7. The molecule has 4 rings (SSSR count). The summed E-state index contributed by atoms with van der Waals surface area (Å²) in [7, 11) is 3.21. The van der Waals surface area contributed by atoms with Crippen molar-refractivity contribution in [3.05, 3.63) is 94.5 Å². The summed E-state index contributed by atoms with van der Waals surface area (Å²) in [5.74, 6) is 1.26. The zero-order valence-corrected chi connectivity index (χ0v) is 21.8. The summed E-state index contributed by atoms with van der Waals surface area (Å²) in [6, 6.07) is 24.4. The molecule has 5 nitrogen and oxygen atoms in total. The molecule has 0 unspecified atom stereocenters. The van der Waals surface area contributed by atoms with Gasteiger partial charge in [-0.3, -0.25) is 4.79 Å². The lowest BCUT2D eigenvalue weighted by atomic mass is 9.91. The van der Waals surface area contributed by atoms with Gasteiger partial charge >= 0.3 is 0 Å². The minimum absolute atomic E-state index is 0.0225. The Labute approximate surface area is 219 Å². The lowest BCUT2D eigenvalue weighted by Crippen LogP contribution is -2.52. The quantitative estimate of drug-likeness (QED) is 0.353. The maximum Gasteiger partial charge on any atom is 0.254 e. The van der Waals surface area contributed by atoms with Crippen molar-refractivity contribution in [3.8, 4) is 11.5 Å². The fraction of sp³-hybridized carbons (Fsp3) is 0.367. The van der Waals surface area contributed by atoms with Crippen LogP contribution in [0.5, 0.6) is 11.5 Å². The molecule has 1 heterocycles. The lowest BCUT2D eigenvalue weighted by Gasteiger charge is -2.40. The predicted molar refractivity (Wildman–Crippen MR) is 145 cm³/mol. The Hall–Kier alpha value is -3.02. The van der Waals surface area contributed by atoms with Crippen molar-refractivity contribution in [1.82, 2.24) is 10.2 Å². The molecule has 0 aliphatic carbocycles. The number of likely N-dealkylation sites (tertiary alicyclic amines) is 1. The highest BCUT2D eigenvalue weighted by molar-refractivity contribution is 6.30. The Morgan fingerprint density at radius 3 is 2.33 bits per heavy atom. The van der Waals surface area contributed by atoms with E-state index in [1.165, 1.54) is 11.1 Å². The third-order valence-corrected chi connectivity index (χ3v) is 7.13. The normalized spacial score (nSPS) is 17.6. The molecule has 0 spiro atoms. The number of carbonyl (C=O) groups is 1. The average Bonchev–Trinajstić information content (AvgIpc) is 2.92. The molecule has 0 saturated carbocycles. The van der Waals surface area contributed by atoms with Crippen molar-refractivity contribution in [1.29, 1.82) is 0 Å². The minimum Gasteiger partial charge on any atom is -0.497 e. The van der Waals surface area contributed by atoms with Gasteiger partial charge < -0.3 is 19.7 Å². The van der Waals surface area contributed by atoms with E-state index in [1.807, 2.05) is 23.1 Å². The van der Waals surface area contributed by atoms with Gasteiger partial charge in [0, 0.05) is 35.3 Å². The summed E-state index contributed by atoms with van der Waals surface area (Å²) in [5, 5.41) is 4.52. The molecule has 1 aliphatic heterocycles. The van der Waals surface area contributed by atoms with Gasteiger partial charge in [0.25, 0.3) is 5.91 Å². The second kappa shape index (κ2) is 12.8. The maximum absolute atomic E-state index is 13.7. The number of hydrogen-bond donors (Lipinski definition) is 1. The predicted octanol–water partition coefficient (Wildman–Crippen LogP) is 5.80. The van der Waals surface area contributed by atoms with Gasteiger partial charge in [-0.1, -0.05) is 54.1 Å². The van der Waals surface area contributed by atoms with Crippen molar-refractivity contribution in [3.63, 3.8) is 0 Å². The third-order valence-electron chi connectivity index (χ3n) is 6.88. The molecular weight excluding hydrogens is 472 g/mol. The number of ether oxygens (including phenoxy) is 2. The van der Waals surface area contributed by atoms with Gasteiger partial charge in [0.15, 0.2) is 0 Å². The molecule has 190 valence electrons. The number of methoxy groups -OCH3 is 2. The highest BCUT2D eigenvalue weighted by atomic mass is 35.5. The van der Waals surface area contributed by atoms with Crippen molar-refractivity contribution < 1.29 is 14.3 Å². The smallest absolute Gasteiger partial charge is 0.254 e. The fourth-order valence-electron chi connectivity index (χ4n) is 4.93. The van der Waals surface area contributed by atoms with Gasteiger partial charge in [0.1, 0.15) is 11.5 Å². The van der Waals surface area contributed by atoms with Crippen LogP contribution in [0.15, 0.2) is 72.8 Å². The molecule has 36 heavy (non-hydrogen) atoms. The Bertz CT molecular complexity index is 1100. The number of halogens is 1. The first-order valence-corrected chi connectivity index (χ1v) is 13.0. The average molecular weight is 507 g/mol. The number of amides is 1. The van der Waals surface area contributed by atoms with Crippen molar-refractivity contribution in [2.75, 3.05) is 27.3 Å². The highest BCUT2D eigenvalue weighted by Gasteiger charge is 2.32. The molecule has 1 amide bonds. The third kappa shape index (κ3) is 7.02. The van der Waals surface area contributed by atoms with E-state index in [0.29, 0.717) is 29.6 Å². The summed E-state index contributed by atoms with van der Waals surface area (Å²) < 4.78 is 10.8. The van der Waals surface area contributed by atoms with Gasteiger partial charge in [-0.15, -0.1) is 0 Å². The van der Waals surface area contributed by atoms with Crippen LogP contribution in [0.25, 0.3) is 0 Å². The van der Waals surface area contributed by atoms with E-state index < -0.39 is 0 Å². The number of hydrogen-bond acceptors (Lipinski definition) is 4. The highest BCUT2D eigenvalue weighted by Crippen LogP contribution is 2.27. The summed E-state index contributed by atoms with van der Waals surface area (Å²) in [5.41, 5.74) is 3.14. The van der Waals surface area contributed by atoms with E-state index in [2.05, 4.69) is 41.7 Å². The lowest BCUT2D eigenvalue weighted by molar-refractivity contribution is 0.0576. The molecule has 0 aromatic heterocycles. The minimum atomic E-state index is 0.0225. The van der Waals surface area contributed by atoms with Crippen molar-refractivity contribution in [2.45, 2.75) is 44.2 Å². The van der Waals surface area contributed by atoms with Crippen LogP contribution >= 0.6 is 11.6 Å². The Balaban J connectivity index is 1.42. The second-order valence-corrected chi connectivity index (χ2v) is 9.79. The standard InChI is InChI=1S/C30H35ClN2O3/c1-35-28-18-24(19-29(21-28)36-2)30(34)33-16-14-26(20-27(33)17-23-7-4-3-5-8-23)32-15-6-9-22-10-12-25(31)13-11-22/h3-5,7-8,10-13,18-19,21,26-27,32H,6,9,14-17,20H2,1-2H3/t26-,27-/m0/s1. The molecule has 3 aromatic rings. The van der Waals surface area contributed by atoms with Crippen LogP contribution < -0.4 is 14.8 Å². The molecule has 6 heteroatoms. The second-order valence-electron chi connectivity index (χ2n) is 9.35. The van der Waals surface area contributed by atoms with E-state index >= 15 is 0 Å². The van der Waals surface area contributed by atoms with Crippen LogP contribution in [0.3, 0.4) is 0 Å². The molecule has 1 fully saturated rings. The Morgan fingerprint density at radius 2 is 1.67 bits per heavy atom. The molecule has 0 radical (unpaired) electrons. The van der Waals surface area contributed by atoms with E-state index in [4.69, 9.17) is 21.1 Å². The van der Waals surface area contributed by atoms with Crippen LogP contribution in [-0.2, 0) is 12.8 Å². The SMILES string of the molecule is COc1cc(OC)cc(C(=O)N2CC[C@H](NCCCc3ccc(Cl)cc3)C[C@@H]2Cc2ccccc2)c1. The van der Waals surface area contributed by atoms with Crippen LogP contribution in [-0.4, -0.2) is 50.2 Å². The zero-order valence-electron chi connectivity index (χ0n) is 21.1. The number of benzene rings is 3. The first-order valence-electron chi connectivity index (χ1n) is 12.6. The number of aryl methyl sites for hydroxylation is 1. The topological polar surface area (TPSA) is 50.8 Å². The molecule has 0 bridgehead atoms. The van der Waals surface area contributed by atoms with Crippen molar-refractivity contribution >= 4 is 17.5 Å². The van der Waals surface area contributed by atoms with Crippen LogP contribution in [0.1, 0.15) is 40.7 Å². The zero-order chi connectivity index (χ0) is 25.3. The van der Waals surface area contributed by atoms with Gasteiger partial charge in [0.05, 0.1) is 14.2 Å². The van der Waals surface area contributed by atoms with Gasteiger partial charge in [-0.05, 0) is 74.0 Å². The molecule has 1 aliphatic rings. The molecular formula is C30H35ClN2O3. The number of rotatable bonds is 10. The van der Waals surface area contributed by atoms with E-state index in [0.717, 1.165) is 43.7 Å². The fourth-order valence-corrected chi connectivity index (χ4v) is 5.06. The van der Waals surface area contributed by atoms with E-state index in [9.17, 15) is 4.79 Å². The number of carbonyl (C=O) groups excluding carboxylic acids is 1. The first-order chi connectivity index (χ1) is 17.6. The van der Waals surface area contributed by atoms with E-state index in [-0.39, 0.29) is 11.9 Å². The molecule has 2 atom stereocenters. The summed E-state index contributed by atoms with van der Waals surface area (Å²) in [4.78, 5) is 15.7. The molecule has 1 N–H and O–H groups in total. The number of nitrogens with zero attached hydrogens (tertiary/aromatic N) is 1. The Kier molecular flexibility index (Phi) is 9.26. The van der Waals surface area contributed by atoms with Gasteiger partial charge in [-0.2, -0.15) is 0 Å². The van der Waals surface area contributed by atoms with Gasteiger partial charge in [0.2, 0.25) is 0 Å².